The highest BCUT2D eigenvalue weighted by atomic mass is 35.5. The number of hydrogen-bond donors (Lipinski definition) is 2. The van der Waals surface area contributed by atoms with Crippen LogP contribution in [0, 0.1) is 0 Å². The topological polar surface area (TPSA) is 77.8 Å². The molecule has 2 aromatic carbocycles. The maximum atomic E-state index is 9.55. The molecule has 0 radical (unpaired) electrons. The number of carboxylic acid groups (broad SMARTS) is 2. The molecule has 0 atom stereocenters. The predicted molar refractivity (Wildman–Crippen MR) is 124 cm³/mol. The van der Waals surface area contributed by atoms with Crippen molar-refractivity contribution in [2.24, 2.45) is 0 Å². The van der Waals surface area contributed by atoms with Gasteiger partial charge in [-0.05, 0) is 61.1 Å². The SMILES string of the molecule is Clc1ccc(C2=CCN(CCCCc3ccccc3)CC2)cc1.O=C(O)/C=C\C(=O)O. The van der Waals surface area contributed by atoms with Crippen LogP contribution in [0.4, 0.5) is 0 Å². The van der Waals surface area contributed by atoms with Crippen molar-refractivity contribution < 1.29 is 19.8 Å². The molecule has 0 saturated carbocycles. The van der Waals surface area contributed by atoms with E-state index in [1.165, 1.54) is 49.1 Å². The summed E-state index contributed by atoms with van der Waals surface area (Å²) >= 11 is 5.96. The van der Waals surface area contributed by atoms with Gasteiger partial charge in [0.2, 0.25) is 0 Å². The Kier molecular flexibility index (Phi) is 10.6. The van der Waals surface area contributed by atoms with E-state index in [-0.39, 0.29) is 0 Å². The molecule has 0 spiro atoms. The van der Waals surface area contributed by atoms with Crippen molar-refractivity contribution in [3.8, 4) is 0 Å². The number of rotatable bonds is 8. The predicted octanol–water partition coefficient (Wildman–Crippen LogP) is 5.16. The third kappa shape index (κ3) is 10.1. The molecule has 0 bridgehead atoms. The molecule has 0 fully saturated rings. The first-order valence-electron chi connectivity index (χ1n) is 10.3. The summed E-state index contributed by atoms with van der Waals surface area (Å²) in [6.45, 7) is 3.44. The smallest absolute Gasteiger partial charge is 0.328 e. The van der Waals surface area contributed by atoms with E-state index in [1.54, 1.807) is 0 Å². The molecule has 0 aromatic heterocycles. The van der Waals surface area contributed by atoms with E-state index in [2.05, 4.69) is 53.4 Å². The third-order valence-electron chi connectivity index (χ3n) is 4.91. The van der Waals surface area contributed by atoms with Gasteiger partial charge < -0.3 is 10.2 Å². The molecule has 5 nitrogen and oxygen atoms in total. The van der Waals surface area contributed by atoms with Crippen molar-refractivity contribution in [1.82, 2.24) is 4.90 Å². The highest BCUT2D eigenvalue weighted by molar-refractivity contribution is 6.30. The minimum atomic E-state index is -1.26. The zero-order chi connectivity index (χ0) is 22.5. The van der Waals surface area contributed by atoms with Crippen LogP contribution in [-0.4, -0.2) is 46.7 Å². The second-order valence-corrected chi connectivity index (χ2v) is 7.68. The first kappa shape index (κ1) is 24.4. The van der Waals surface area contributed by atoms with Gasteiger partial charge in [0, 0.05) is 30.3 Å². The van der Waals surface area contributed by atoms with E-state index in [0.29, 0.717) is 12.2 Å². The second kappa shape index (κ2) is 13.4. The van der Waals surface area contributed by atoms with E-state index in [1.807, 2.05) is 12.1 Å². The monoisotopic (exact) mass is 441 g/mol. The van der Waals surface area contributed by atoms with Gasteiger partial charge in [-0.15, -0.1) is 0 Å². The molecule has 1 heterocycles. The van der Waals surface area contributed by atoms with Crippen LogP contribution in [0.1, 0.15) is 30.4 Å². The summed E-state index contributed by atoms with van der Waals surface area (Å²) in [6, 6.07) is 19.0. The summed E-state index contributed by atoms with van der Waals surface area (Å²) < 4.78 is 0. The van der Waals surface area contributed by atoms with Gasteiger partial charge >= 0.3 is 11.9 Å². The van der Waals surface area contributed by atoms with E-state index in [4.69, 9.17) is 21.8 Å². The highest BCUT2D eigenvalue weighted by Gasteiger charge is 2.12. The largest absolute Gasteiger partial charge is 0.478 e. The van der Waals surface area contributed by atoms with Crippen LogP contribution in [0.3, 0.4) is 0 Å². The number of nitrogens with zero attached hydrogens (tertiary/aromatic N) is 1. The number of aliphatic carboxylic acids is 2. The summed E-state index contributed by atoms with van der Waals surface area (Å²) in [5.74, 6) is -2.51. The number of hydrogen-bond acceptors (Lipinski definition) is 3. The van der Waals surface area contributed by atoms with Crippen LogP contribution in [0.15, 0.2) is 72.8 Å². The molecular formula is C25H28ClNO4. The Bertz CT molecular complexity index is 875. The lowest BCUT2D eigenvalue weighted by Crippen LogP contribution is -2.29. The van der Waals surface area contributed by atoms with Crippen molar-refractivity contribution in [3.05, 3.63) is 89.0 Å². The molecule has 0 aliphatic carbocycles. The van der Waals surface area contributed by atoms with Crippen LogP contribution >= 0.6 is 11.6 Å². The summed E-state index contributed by atoms with van der Waals surface area (Å²) in [5, 5.41) is 16.4. The molecule has 0 saturated heterocycles. The van der Waals surface area contributed by atoms with Crippen molar-refractivity contribution in [2.75, 3.05) is 19.6 Å². The Morgan fingerprint density at radius 3 is 2.13 bits per heavy atom. The summed E-state index contributed by atoms with van der Waals surface area (Å²) in [7, 11) is 0. The van der Waals surface area contributed by atoms with Gasteiger partial charge in [-0.1, -0.05) is 60.1 Å². The third-order valence-corrected chi connectivity index (χ3v) is 5.16. The summed E-state index contributed by atoms with van der Waals surface area (Å²) in [5.41, 5.74) is 4.23. The number of halogens is 1. The lowest BCUT2D eigenvalue weighted by Gasteiger charge is -2.26. The molecular weight excluding hydrogens is 414 g/mol. The normalized spacial score (nSPS) is 13.9. The number of unbranched alkanes of at least 4 members (excludes halogenated alkanes) is 1. The van der Waals surface area contributed by atoms with Gasteiger partial charge in [0.15, 0.2) is 0 Å². The van der Waals surface area contributed by atoms with Gasteiger partial charge in [-0.25, -0.2) is 9.59 Å². The molecule has 1 aliphatic heterocycles. The number of carbonyl (C=O) groups is 2. The quantitative estimate of drug-likeness (QED) is 0.436. The number of carboxylic acids is 2. The maximum Gasteiger partial charge on any atom is 0.328 e. The Balaban J connectivity index is 0.000000366. The fraction of sp³-hybridized carbons (Fsp3) is 0.280. The van der Waals surface area contributed by atoms with Crippen LogP contribution in [0.25, 0.3) is 5.57 Å². The standard InChI is InChI=1S/C21H24ClN.C4H4O4/c22-21-11-9-19(10-12-21)20-13-16-23(17-14-20)15-5-4-8-18-6-2-1-3-7-18;5-3(6)1-2-4(7)8/h1-3,6-7,9-13H,4-5,8,14-17H2;1-2H,(H,5,6)(H,7,8)/b;2-1-. The molecule has 1 aliphatic rings. The van der Waals surface area contributed by atoms with Crippen molar-refractivity contribution in [3.63, 3.8) is 0 Å². The molecule has 2 N–H and O–H groups in total. The number of aryl methyl sites for hydroxylation is 1. The van der Waals surface area contributed by atoms with E-state index < -0.39 is 11.9 Å². The van der Waals surface area contributed by atoms with Gasteiger partial charge in [0.05, 0.1) is 0 Å². The van der Waals surface area contributed by atoms with Crippen LogP contribution in [0.5, 0.6) is 0 Å². The van der Waals surface area contributed by atoms with Crippen molar-refractivity contribution >= 4 is 29.1 Å². The van der Waals surface area contributed by atoms with E-state index >= 15 is 0 Å². The Morgan fingerprint density at radius 2 is 1.58 bits per heavy atom. The summed E-state index contributed by atoms with van der Waals surface area (Å²) in [6.07, 6.45) is 8.38. The van der Waals surface area contributed by atoms with E-state index in [0.717, 1.165) is 18.0 Å². The van der Waals surface area contributed by atoms with Gasteiger partial charge in [-0.3, -0.25) is 4.90 Å². The van der Waals surface area contributed by atoms with Crippen molar-refractivity contribution in [1.29, 1.82) is 0 Å². The highest BCUT2D eigenvalue weighted by Crippen LogP contribution is 2.23. The van der Waals surface area contributed by atoms with Crippen LogP contribution < -0.4 is 0 Å². The first-order valence-corrected chi connectivity index (χ1v) is 10.7. The average Bonchev–Trinajstić information content (AvgIpc) is 2.77. The van der Waals surface area contributed by atoms with Gasteiger partial charge in [-0.2, -0.15) is 0 Å². The molecule has 164 valence electrons. The minimum absolute atomic E-state index is 0.558. The van der Waals surface area contributed by atoms with Crippen molar-refractivity contribution in [2.45, 2.75) is 25.7 Å². The van der Waals surface area contributed by atoms with Crippen LogP contribution in [-0.2, 0) is 16.0 Å². The van der Waals surface area contributed by atoms with E-state index in [9.17, 15) is 9.59 Å². The zero-order valence-electron chi connectivity index (χ0n) is 17.4. The van der Waals surface area contributed by atoms with Gasteiger partial charge in [0.25, 0.3) is 0 Å². The second-order valence-electron chi connectivity index (χ2n) is 7.24. The fourth-order valence-corrected chi connectivity index (χ4v) is 3.42. The Morgan fingerprint density at radius 1 is 0.935 bits per heavy atom. The Labute approximate surface area is 188 Å². The van der Waals surface area contributed by atoms with Crippen LogP contribution in [0.2, 0.25) is 5.02 Å². The first-order chi connectivity index (χ1) is 14.9. The molecule has 3 rings (SSSR count). The molecule has 0 unspecified atom stereocenters. The lowest BCUT2D eigenvalue weighted by molar-refractivity contribution is -0.134. The molecule has 2 aromatic rings. The average molecular weight is 442 g/mol. The maximum absolute atomic E-state index is 9.55. The lowest BCUT2D eigenvalue weighted by atomic mass is 9.99. The zero-order valence-corrected chi connectivity index (χ0v) is 18.2. The molecule has 0 amide bonds. The van der Waals surface area contributed by atoms with Gasteiger partial charge in [0.1, 0.15) is 0 Å². The number of benzene rings is 2. The summed E-state index contributed by atoms with van der Waals surface area (Å²) in [4.78, 5) is 21.7. The molecule has 31 heavy (non-hydrogen) atoms. The molecule has 6 heteroatoms. The Hall–Kier alpha value is -2.89. The fourth-order valence-electron chi connectivity index (χ4n) is 3.29. The minimum Gasteiger partial charge on any atom is -0.478 e.